The summed E-state index contributed by atoms with van der Waals surface area (Å²) in [5.41, 5.74) is 0.118. The summed E-state index contributed by atoms with van der Waals surface area (Å²) in [5, 5.41) is 23.5. The standard InChI is InChI=1S/C12H21N3O2S/c1-9(2)11-10(18-14-13-11)6-15-5-3-4-12(17,7-15)8-16/h9,16-17H,3-8H2,1-2H3/t12-/m1/s1. The third kappa shape index (κ3) is 3.06. The second kappa shape index (κ2) is 5.61. The van der Waals surface area contributed by atoms with E-state index in [4.69, 9.17) is 0 Å². The van der Waals surface area contributed by atoms with Crippen LogP contribution in [-0.2, 0) is 6.54 Å². The Bertz CT molecular complexity index is 396. The van der Waals surface area contributed by atoms with Crippen LogP contribution >= 0.6 is 11.5 Å². The highest BCUT2D eigenvalue weighted by molar-refractivity contribution is 7.05. The number of piperidine rings is 1. The highest BCUT2D eigenvalue weighted by Crippen LogP contribution is 2.25. The molecule has 0 spiro atoms. The summed E-state index contributed by atoms with van der Waals surface area (Å²) in [4.78, 5) is 3.35. The van der Waals surface area contributed by atoms with Gasteiger partial charge in [0.15, 0.2) is 0 Å². The van der Waals surface area contributed by atoms with Crippen LogP contribution in [0.5, 0.6) is 0 Å². The zero-order chi connectivity index (χ0) is 13.2. The first-order valence-electron chi connectivity index (χ1n) is 6.41. The molecule has 2 N–H and O–H groups in total. The lowest BCUT2D eigenvalue weighted by Gasteiger charge is -2.37. The minimum atomic E-state index is -0.936. The summed E-state index contributed by atoms with van der Waals surface area (Å²) in [6, 6.07) is 0. The van der Waals surface area contributed by atoms with E-state index in [1.54, 1.807) is 0 Å². The molecular weight excluding hydrogens is 250 g/mol. The first kappa shape index (κ1) is 13.9. The number of likely N-dealkylation sites (tertiary alicyclic amines) is 1. The molecule has 1 aromatic heterocycles. The van der Waals surface area contributed by atoms with Gasteiger partial charge in [0.2, 0.25) is 0 Å². The van der Waals surface area contributed by atoms with E-state index in [0.29, 0.717) is 18.9 Å². The summed E-state index contributed by atoms with van der Waals surface area (Å²) in [5.74, 6) is 0.375. The van der Waals surface area contributed by atoms with Crippen LogP contribution in [0.1, 0.15) is 43.2 Å². The Hall–Kier alpha value is -0.560. The molecule has 0 aromatic carbocycles. The van der Waals surface area contributed by atoms with Crippen LogP contribution in [0.15, 0.2) is 0 Å². The van der Waals surface area contributed by atoms with E-state index in [0.717, 1.165) is 25.2 Å². The molecule has 0 unspecified atom stereocenters. The van der Waals surface area contributed by atoms with Gasteiger partial charge in [-0.1, -0.05) is 18.3 Å². The number of rotatable bonds is 4. The Morgan fingerprint density at radius 2 is 2.28 bits per heavy atom. The summed E-state index contributed by atoms with van der Waals surface area (Å²) >= 11 is 1.43. The lowest BCUT2D eigenvalue weighted by Crippen LogP contribution is -2.50. The highest BCUT2D eigenvalue weighted by Gasteiger charge is 2.33. The quantitative estimate of drug-likeness (QED) is 0.854. The molecule has 0 saturated carbocycles. The molecule has 18 heavy (non-hydrogen) atoms. The van der Waals surface area contributed by atoms with Gasteiger partial charge < -0.3 is 10.2 Å². The number of nitrogens with zero attached hydrogens (tertiary/aromatic N) is 3. The number of aliphatic hydroxyl groups excluding tert-OH is 1. The van der Waals surface area contributed by atoms with Gasteiger partial charge in [-0.3, -0.25) is 4.90 Å². The number of aliphatic hydroxyl groups is 2. The Morgan fingerprint density at radius 1 is 1.50 bits per heavy atom. The van der Waals surface area contributed by atoms with Gasteiger partial charge in [-0.05, 0) is 36.8 Å². The van der Waals surface area contributed by atoms with Crippen LogP contribution in [0.4, 0.5) is 0 Å². The molecule has 0 bridgehead atoms. The van der Waals surface area contributed by atoms with Crippen LogP contribution in [0.2, 0.25) is 0 Å². The third-order valence-corrected chi connectivity index (χ3v) is 4.15. The number of hydrogen-bond donors (Lipinski definition) is 2. The van der Waals surface area contributed by atoms with Gasteiger partial charge >= 0.3 is 0 Å². The van der Waals surface area contributed by atoms with Crippen molar-refractivity contribution in [2.75, 3.05) is 19.7 Å². The van der Waals surface area contributed by atoms with Crippen molar-refractivity contribution in [3.05, 3.63) is 10.6 Å². The predicted octanol–water partition coefficient (Wildman–Crippen LogP) is 0.981. The van der Waals surface area contributed by atoms with Crippen LogP contribution in [0.25, 0.3) is 0 Å². The van der Waals surface area contributed by atoms with E-state index >= 15 is 0 Å². The third-order valence-electron chi connectivity index (χ3n) is 3.43. The van der Waals surface area contributed by atoms with E-state index in [-0.39, 0.29) is 6.61 Å². The molecule has 1 aromatic rings. The fraction of sp³-hybridized carbons (Fsp3) is 0.833. The van der Waals surface area contributed by atoms with Crippen molar-refractivity contribution in [3.8, 4) is 0 Å². The molecule has 1 saturated heterocycles. The maximum atomic E-state index is 10.1. The summed E-state index contributed by atoms with van der Waals surface area (Å²) in [7, 11) is 0. The molecule has 2 rings (SSSR count). The Morgan fingerprint density at radius 3 is 2.94 bits per heavy atom. The number of aromatic nitrogens is 2. The minimum Gasteiger partial charge on any atom is -0.393 e. The van der Waals surface area contributed by atoms with Crippen molar-refractivity contribution in [3.63, 3.8) is 0 Å². The second-order valence-corrected chi connectivity index (χ2v) is 6.27. The molecule has 5 nitrogen and oxygen atoms in total. The molecule has 0 amide bonds. The first-order chi connectivity index (χ1) is 8.54. The van der Waals surface area contributed by atoms with E-state index in [2.05, 4.69) is 28.3 Å². The second-order valence-electron chi connectivity index (χ2n) is 5.43. The first-order valence-corrected chi connectivity index (χ1v) is 7.18. The van der Waals surface area contributed by atoms with Crippen LogP contribution < -0.4 is 0 Å². The van der Waals surface area contributed by atoms with E-state index < -0.39 is 5.60 Å². The van der Waals surface area contributed by atoms with Crippen molar-refractivity contribution < 1.29 is 10.2 Å². The van der Waals surface area contributed by atoms with Crippen LogP contribution in [0, 0.1) is 0 Å². The SMILES string of the molecule is CC(C)c1nnsc1CN1CCC[C@](O)(CO)C1. The van der Waals surface area contributed by atoms with Crippen LogP contribution in [0.3, 0.4) is 0 Å². The average Bonchev–Trinajstić information content (AvgIpc) is 2.77. The monoisotopic (exact) mass is 271 g/mol. The van der Waals surface area contributed by atoms with E-state index in [1.165, 1.54) is 16.4 Å². The van der Waals surface area contributed by atoms with Crippen molar-refractivity contribution in [1.29, 1.82) is 0 Å². The molecule has 1 atom stereocenters. The number of β-amino-alcohol motifs (C(OH)–C–C–N with tert-alkyl or cyclic N) is 1. The summed E-state index contributed by atoms with van der Waals surface area (Å²) in [6.07, 6.45) is 1.60. The maximum absolute atomic E-state index is 10.1. The molecule has 1 aliphatic heterocycles. The molecule has 102 valence electrons. The summed E-state index contributed by atoms with van der Waals surface area (Å²) < 4.78 is 4.02. The van der Waals surface area contributed by atoms with Gasteiger partial charge in [0.05, 0.1) is 17.2 Å². The fourth-order valence-electron chi connectivity index (χ4n) is 2.44. The number of hydrogen-bond acceptors (Lipinski definition) is 6. The highest BCUT2D eigenvalue weighted by atomic mass is 32.1. The zero-order valence-electron chi connectivity index (χ0n) is 11.0. The Labute approximate surface area is 112 Å². The van der Waals surface area contributed by atoms with Crippen molar-refractivity contribution in [2.24, 2.45) is 0 Å². The van der Waals surface area contributed by atoms with Crippen molar-refractivity contribution in [2.45, 2.75) is 44.8 Å². The van der Waals surface area contributed by atoms with Gasteiger partial charge in [-0.15, -0.1) is 5.10 Å². The smallest absolute Gasteiger partial charge is 0.100 e. The van der Waals surface area contributed by atoms with Crippen molar-refractivity contribution >= 4 is 11.5 Å². The van der Waals surface area contributed by atoms with Crippen LogP contribution in [-0.4, -0.2) is 50.0 Å². The molecule has 6 heteroatoms. The predicted molar refractivity (Wildman–Crippen MR) is 70.5 cm³/mol. The zero-order valence-corrected chi connectivity index (χ0v) is 11.8. The van der Waals surface area contributed by atoms with Gasteiger partial charge in [0, 0.05) is 13.1 Å². The average molecular weight is 271 g/mol. The molecule has 0 aliphatic carbocycles. The van der Waals surface area contributed by atoms with Crippen molar-refractivity contribution in [1.82, 2.24) is 14.5 Å². The fourth-order valence-corrected chi connectivity index (χ4v) is 3.27. The molecule has 1 aliphatic rings. The van der Waals surface area contributed by atoms with E-state index in [9.17, 15) is 10.2 Å². The summed E-state index contributed by atoms with van der Waals surface area (Å²) in [6.45, 7) is 6.31. The van der Waals surface area contributed by atoms with Gasteiger partial charge in [-0.25, -0.2) is 0 Å². The topological polar surface area (TPSA) is 69.5 Å². The van der Waals surface area contributed by atoms with E-state index in [1.807, 2.05) is 0 Å². The Kier molecular flexibility index (Phi) is 4.32. The normalized spacial score (nSPS) is 25.8. The van der Waals surface area contributed by atoms with Gasteiger partial charge in [0.25, 0.3) is 0 Å². The molecule has 2 heterocycles. The molecular formula is C12H21N3O2S. The molecule has 1 fully saturated rings. The maximum Gasteiger partial charge on any atom is 0.100 e. The Balaban J connectivity index is 2.03. The van der Waals surface area contributed by atoms with Gasteiger partial charge in [-0.2, -0.15) is 0 Å². The lowest BCUT2D eigenvalue weighted by molar-refractivity contribution is -0.0685. The van der Waals surface area contributed by atoms with Gasteiger partial charge in [0.1, 0.15) is 5.60 Å². The minimum absolute atomic E-state index is 0.165. The lowest BCUT2D eigenvalue weighted by atomic mass is 9.93. The molecule has 0 radical (unpaired) electrons. The largest absolute Gasteiger partial charge is 0.393 e.